The highest BCUT2D eigenvalue weighted by Crippen LogP contribution is 2.30. The van der Waals surface area contributed by atoms with Crippen LogP contribution in [0.15, 0.2) is 18.2 Å². The van der Waals surface area contributed by atoms with E-state index in [4.69, 9.17) is 4.74 Å². The highest BCUT2D eigenvalue weighted by molar-refractivity contribution is 9.09. The molecular weight excluding hydrogens is 512 g/mol. The second kappa shape index (κ2) is 14.4. The van der Waals surface area contributed by atoms with E-state index in [2.05, 4.69) is 21.2 Å². The van der Waals surface area contributed by atoms with Gasteiger partial charge in [-0.25, -0.2) is 0 Å². The van der Waals surface area contributed by atoms with E-state index < -0.39 is 23.8 Å². The molecule has 35 heavy (non-hydrogen) atoms. The average molecular weight is 550 g/mol. The molecule has 2 aliphatic rings. The molecule has 0 aromatic heterocycles. The van der Waals surface area contributed by atoms with Crippen molar-refractivity contribution in [2.24, 2.45) is 0 Å². The lowest BCUT2D eigenvalue weighted by Gasteiger charge is -2.27. The summed E-state index contributed by atoms with van der Waals surface area (Å²) in [6.45, 7) is 0.562. The van der Waals surface area contributed by atoms with Crippen molar-refractivity contribution >= 4 is 39.6 Å². The maximum Gasteiger partial charge on any atom is 0.262 e. The van der Waals surface area contributed by atoms with Crippen LogP contribution in [-0.4, -0.2) is 46.5 Å². The first-order valence-corrected chi connectivity index (χ1v) is 14.2. The summed E-state index contributed by atoms with van der Waals surface area (Å²) in [5, 5.41) is 3.33. The van der Waals surface area contributed by atoms with Gasteiger partial charge in [0.2, 0.25) is 11.8 Å². The van der Waals surface area contributed by atoms with Crippen molar-refractivity contribution < 1.29 is 23.9 Å². The molecule has 3 rings (SSSR count). The standard InChI is InChI=1S/C27H37BrN2O5/c28-17-11-9-7-5-3-1-2-4-6-8-10-12-18-35-20-13-14-21-22(19-20)27(34)30(26(21)33)23-15-16-24(31)29-25(23)32/h13-14,19,23H,1-12,15-18H2,(H,29,31,32). The molecule has 0 saturated carbocycles. The van der Waals surface area contributed by atoms with Crippen LogP contribution in [0.4, 0.5) is 0 Å². The normalized spacial score (nSPS) is 17.6. The maximum atomic E-state index is 12.9. The van der Waals surface area contributed by atoms with Crippen LogP contribution < -0.4 is 10.1 Å². The van der Waals surface area contributed by atoms with Gasteiger partial charge in [0.1, 0.15) is 11.8 Å². The Kier molecular flexibility index (Phi) is 11.2. The van der Waals surface area contributed by atoms with E-state index in [1.807, 2.05) is 0 Å². The van der Waals surface area contributed by atoms with Crippen molar-refractivity contribution in [1.82, 2.24) is 10.2 Å². The van der Waals surface area contributed by atoms with Gasteiger partial charge in [-0.2, -0.15) is 0 Å². The van der Waals surface area contributed by atoms with Gasteiger partial charge in [0.15, 0.2) is 0 Å². The highest BCUT2D eigenvalue weighted by Gasteiger charge is 2.44. The number of carbonyl (C=O) groups is 4. The van der Waals surface area contributed by atoms with E-state index in [-0.39, 0.29) is 29.9 Å². The molecule has 0 radical (unpaired) electrons. The summed E-state index contributed by atoms with van der Waals surface area (Å²) in [4.78, 5) is 50.1. The molecule has 1 aromatic carbocycles. The molecule has 1 unspecified atom stereocenters. The summed E-state index contributed by atoms with van der Waals surface area (Å²) in [5.74, 6) is -1.45. The third-order valence-electron chi connectivity index (χ3n) is 6.71. The van der Waals surface area contributed by atoms with E-state index in [0.29, 0.717) is 12.4 Å². The number of rotatable bonds is 16. The fourth-order valence-corrected chi connectivity index (χ4v) is 5.09. The summed E-state index contributed by atoms with van der Waals surface area (Å²) in [5.41, 5.74) is 0.520. The number of fused-ring (bicyclic) bond motifs is 1. The molecule has 192 valence electrons. The van der Waals surface area contributed by atoms with Crippen molar-refractivity contribution in [3.05, 3.63) is 29.3 Å². The topological polar surface area (TPSA) is 92.8 Å². The number of halogens is 1. The number of carbonyl (C=O) groups excluding carboxylic acids is 4. The van der Waals surface area contributed by atoms with E-state index >= 15 is 0 Å². The predicted octanol–water partition coefficient (Wildman–Crippen LogP) is 5.54. The molecule has 4 amide bonds. The lowest BCUT2D eigenvalue weighted by Crippen LogP contribution is -2.54. The van der Waals surface area contributed by atoms with Crippen LogP contribution in [0.25, 0.3) is 0 Å². The van der Waals surface area contributed by atoms with Crippen molar-refractivity contribution in [3.8, 4) is 5.75 Å². The van der Waals surface area contributed by atoms with Crippen molar-refractivity contribution in [3.63, 3.8) is 0 Å². The van der Waals surface area contributed by atoms with E-state index in [1.54, 1.807) is 18.2 Å². The molecule has 0 spiro atoms. The SMILES string of the molecule is O=C1CCC(N2C(=O)c3ccc(OCCCCCCCCCCCCCCBr)cc3C2=O)C(=O)N1. The molecule has 2 aliphatic heterocycles. The summed E-state index contributed by atoms with van der Waals surface area (Å²) < 4.78 is 5.82. The molecule has 8 heteroatoms. The summed E-state index contributed by atoms with van der Waals surface area (Å²) >= 11 is 3.48. The van der Waals surface area contributed by atoms with Gasteiger partial charge in [-0.05, 0) is 37.5 Å². The smallest absolute Gasteiger partial charge is 0.262 e. The van der Waals surface area contributed by atoms with Crippen molar-refractivity contribution in [2.45, 2.75) is 95.9 Å². The zero-order chi connectivity index (χ0) is 25.0. The largest absolute Gasteiger partial charge is 0.494 e. The summed E-state index contributed by atoms with van der Waals surface area (Å²) in [7, 11) is 0. The molecule has 1 atom stereocenters. The monoisotopic (exact) mass is 548 g/mol. The molecule has 0 bridgehead atoms. The minimum absolute atomic E-state index is 0.107. The lowest BCUT2D eigenvalue weighted by atomic mass is 10.0. The van der Waals surface area contributed by atoms with E-state index in [0.717, 1.165) is 23.1 Å². The van der Waals surface area contributed by atoms with Crippen molar-refractivity contribution in [2.75, 3.05) is 11.9 Å². The van der Waals surface area contributed by atoms with Gasteiger partial charge in [0.25, 0.3) is 11.8 Å². The number of hydrogen-bond acceptors (Lipinski definition) is 5. The number of unbranched alkanes of at least 4 members (excludes halogenated alkanes) is 11. The van der Waals surface area contributed by atoms with E-state index in [9.17, 15) is 19.2 Å². The molecule has 7 nitrogen and oxygen atoms in total. The second-order valence-electron chi connectivity index (χ2n) is 9.43. The van der Waals surface area contributed by atoms with Gasteiger partial charge < -0.3 is 4.74 Å². The number of amides is 4. The molecule has 2 heterocycles. The fourth-order valence-electron chi connectivity index (χ4n) is 4.69. The van der Waals surface area contributed by atoms with Crippen LogP contribution >= 0.6 is 15.9 Å². The average Bonchev–Trinajstić information content (AvgIpc) is 3.09. The third kappa shape index (κ3) is 7.89. The molecule has 1 N–H and O–H groups in total. The number of hydrogen-bond donors (Lipinski definition) is 1. The number of nitrogens with zero attached hydrogens (tertiary/aromatic N) is 1. The lowest BCUT2D eigenvalue weighted by molar-refractivity contribution is -0.136. The number of piperidine rings is 1. The Morgan fingerprint density at radius 1 is 0.800 bits per heavy atom. The van der Waals surface area contributed by atoms with Crippen molar-refractivity contribution in [1.29, 1.82) is 0 Å². The van der Waals surface area contributed by atoms with Gasteiger partial charge in [0.05, 0.1) is 17.7 Å². The maximum absolute atomic E-state index is 12.9. The molecule has 1 aromatic rings. The van der Waals surface area contributed by atoms with Crippen LogP contribution in [0.5, 0.6) is 5.75 Å². The van der Waals surface area contributed by atoms with Crippen LogP contribution in [-0.2, 0) is 9.59 Å². The first kappa shape index (κ1) is 27.4. The fraction of sp³-hybridized carbons (Fsp3) is 0.630. The van der Waals surface area contributed by atoms with Crippen LogP contribution in [0.3, 0.4) is 0 Å². The number of imide groups is 2. The van der Waals surface area contributed by atoms with Crippen LogP contribution in [0.1, 0.15) is 111 Å². The minimum Gasteiger partial charge on any atom is -0.494 e. The zero-order valence-corrected chi connectivity index (χ0v) is 22.1. The van der Waals surface area contributed by atoms with Gasteiger partial charge >= 0.3 is 0 Å². The molecule has 0 aliphatic carbocycles. The Labute approximate surface area is 216 Å². The quantitative estimate of drug-likeness (QED) is 0.166. The Bertz CT molecular complexity index is 904. The summed E-state index contributed by atoms with van der Waals surface area (Å²) in [6, 6.07) is 3.91. The zero-order valence-electron chi connectivity index (χ0n) is 20.5. The Morgan fingerprint density at radius 2 is 1.37 bits per heavy atom. The summed E-state index contributed by atoms with van der Waals surface area (Å²) in [6.07, 6.45) is 15.5. The van der Waals surface area contributed by atoms with Gasteiger partial charge in [-0.15, -0.1) is 0 Å². The van der Waals surface area contributed by atoms with Crippen LogP contribution in [0, 0.1) is 0 Å². The Hall–Kier alpha value is -2.22. The molecule has 1 fully saturated rings. The third-order valence-corrected chi connectivity index (χ3v) is 7.27. The van der Waals surface area contributed by atoms with Gasteiger partial charge in [-0.1, -0.05) is 80.1 Å². The van der Waals surface area contributed by atoms with Gasteiger partial charge in [-0.3, -0.25) is 29.4 Å². The predicted molar refractivity (Wildman–Crippen MR) is 138 cm³/mol. The number of nitrogens with one attached hydrogen (secondary N) is 1. The van der Waals surface area contributed by atoms with Gasteiger partial charge in [0, 0.05) is 11.8 Å². The second-order valence-corrected chi connectivity index (χ2v) is 10.2. The molecule has 1 saturated heterocycles. The first-order valence-electron chi connectivity index (χ1n) is 13.1. The number of alkyl halides is 1. The minimum atomic E-state index is -0.950. The molecular formula is C27H37BrN2O5. The number of benzene rings is 1. The number of ether oxygens (including phenoxy) is 1. The Balaban J connectivity index is 1.31. The van der Waals surface area contributed by atoms with Crippen LogP contribution in [0.2, 0.25) is 0 Å². The van der Waals surface area contributed by atoms with E-state index in [1.165, 1.54) is 64.2 Å². The Morgan fingerprint density at radius 3 is 1.97 bits per heavy atom. The highest BCUT2D eigenvalue weighted by atomic mass is 79.9. The first-order chi connectivity index (χ1) is 17.0.